The molecule has 0 aromatic heterocycles. The van der Waals surface area contributed by atoms with Crippen LogP contribution in [0.3, 0.4) is 0 Å². The SMILES string of the molecule is O=CC#Cc1ccccc1S. The molecule has 0 aliphatic heterocycles. The maximum absolute atomic E-state index is 9.89. The van der Waals surface area contributed by atoms with Gasteiger partial charge in [-0.05, 0) is 18.1 Å². The van der Waals surface area contributed by atoms with Gasteiger partial charge in [0.15, 0.2) is 6.29 Å². The first-order chi connectivity index (χ1) is 5.34. The van der Waals surface area contributed by atoms with Crippen LogP contribution in [0.5, 0.6) is 0 Å². The number of aldehydes is 1. The molecule has 1 rings (SSSR count). The predicted molar refractivity (Wildman–Crippen MR) is 46.6 cm³/mol. The molecule has 0 saturated heterocycles. The minimum absolute atomic E-state index is 0.570. The Morgan fingerprint density at radius 3 is 2.73 bits per heavy atom. The summed E-state index contributed by atoms with van der Waals surface area (Å²) < 4.78 is 0. The highest BCUT2D eigenvalue weighted by molar-refractivity contribution is 7.80. The Kier molecular flexibility index (Phi) is 2.76. The highest BCUT2D eigenvalue weighted by Crippen LogP contribution is 2.10. The van der Waals surface area contributed by atoms with Crippen LogP contribution in [-0.2, 0) is 4.79 Å². The molecule has 1 aromatic carbocycles. The third kappa shape index (κ3) is 2.14. The van der Waals surface area contributed by atoms with Gasteiger partial charge in [-0.3, -0.25) is 4.79 Å². The number of thiol groups is 1. The molecular formula is C9H6OS. The number of carbonyl (C=O) groups excluding carboxylic acids is 1. The molecule has 1 nitrogen and oxygen atoms in total. The van der Waals surface area contributed by atoms with E-state index in [1.54, 1.807) is 0 Å². The zero-order valence-corrected chi connectivity index (χ0v) is 6.64. The first kappa shape index (κ1) is 7.90. The van der Waals surface area contributed by atoms with Crippen LogP contribution in [0.15, 0.2) is 29.2 Å². The quantitative estimate of drug-likeness (QED) is 0.348. The number of benzene rings is 1. The lowest BCUT2D eigenvalue weighted by atomic mass is 10.2. The molecule has 0 heterocycles. The molecule has 0 fully saturated rings. The van der Waals surface area contributed by atoms with Crippen molar-refractivity contribution >= 4 is 18.9 Å². The molecule has 0 aliphatic carbocycles. The van der Waals surface area contributed by atoms with Gasteiger partial charge in [0, 0.05) is 10.5 Å². The molecule has 11 heavy (non-hydrogen) atoms. The van der Waals surface area contributed by atoms with Gasteiger partial charge < -0.3 is 0 Å². The van der Waals surface area contributed by atoms with Crippen molar-refractivity contribution in [1.82, 2.24) is 0 Å². The van der Waals surface area contributed by atoms with Gasteiger partial charge in [0.1, 0.15) is 0 Å². The number of hydrogen-bond acceptors (Lipinski definition) is 2. The van der Waals surface area contributed by atoms with Gasteiger partial charge in [-0.2, -0.15) is 0 Å². The van der Waals surface area contributed by atoms with Gasteiger partial charge in [0.2, 0.25) is 0 Å². The van der Waals surface area contributed by atoms with Crippen LogP contribution < -0.4 is 0 Å². The van der Waals surface area contributed by atoms with Crippen molar-refractivity contribution in [2.75, 3.05) is 0 Å². The van der Waals surface area contributed by atoms with E-state index in [2.05, 4.69) is 24.5 Å². The predicted octanol–water partition coefficient (Wildman–Crippen LogP) is 1.53. The Bertz CT molecular complexity index is 320. The van der Waals surface area contributed by atoms with E-state index in [1.807, 2.05) is 24.3 Å². The topological polar surface area (TPSA) is 17.1 Å². The number of rotatable bonds is 0. The van der Waals surface area contributed by atoms with Gasteiger partial charge in [0.25, 0.3) is 0 Å². The van der Waals surface area contributed by atoms with Crippen LogP contribution in [-0.4, -0.2) is 6.29 Å². The van der Waals surface area contributed by atoms with Gasteiger partial charge >= 0.3 is 0 Å². The minimum atomic E-state index is 0.570. The van der Waals surface area contributed by atoms with Gasteiger partial charge in [-0.25, -0.2) is 0 Å². The fourth-order valence-electron chi connectivity index (χ4n) is 0.687. The first-order valence-corrected chi connectivity index (χ1v) is 3.52. The van der Waals surface area contributed by atoms with Crippen molar-refractivity contribution in [2.45, 2.75) is 4.90 Å². The molecule has 54 valence electrons. The summed E-state index contributed by atoms with van der Waals surface area (Å²) in [7, 11) is 0. The van der Waals surface area contributed by atoms with E-state index in [0.717, 1.165) is 10.5 Å². The maximum Gasteiger partial charge on any atom is 0.193 e. The average Bonchev–Trinajstić information content (AvgIpc) is 2.03. The zero-order valence-electron chi connectivity index (χ0n) is 5.74. The fraction of sp³-hybridized carbons (Fsp3) is 0. The molecule has 2 heteroatoms. The third-order valence-electron chi connectivity index (χ3n) is 1.17. The largest absolute Gasteiger partial charge is 0.289 e. The number of carbonyl (C=O) groups is 1. The summed E-state index contributed by atoms with van der Waals surface area (Å²) in [6, 6.07) is 7.37. The summed E-state index contributed by atoms with van der Waals surface area (Å²) in [6.07, 6.45) is 0.570. The van der Waals surface area contributed by atoms with Crippen molar-refractivity contribution in [2.24, 2.45) is 0 Å². The van der Waals surface area contributed by atoms with Gasteiger partial charge in [0.05, 0.1) is 0 Å². The maximum atomic E-state index is 9.89. The van der Waals surface area contributed by atoms with E-state index >= 15 is 0 Å². The molecule has 0 radical (unpaired) electrons. The molecule has 0 saturated carbocycles. The van der Waals surface area contributed by atoms with Gasteiger partial charge in [-0.15, -0.1) is 12.6 Å². The third-order valence-corrected chi connectivity index (χ3v) is 1.56. The Hall–Kier alpha value is -1.20. The fourth-order valence-corrected chi connectivity index (χ4v) is 0.903. The monoisotopic (exact) mass is 162 g/mol. The molecule has 0 atom stereocenters. The van der Waals surface area contributed by atoms with Crippen molar-refractivity contribution < 1.29 is 4.79 Å². The van der Waals surface area contributed by atoms with Crippen LogP contribution >= 0.6 is 12.6 Å². The Balaban J connectivity index is 3.03. The van der Waals surface area contributed by atoms with Crippen molar-refractivity contribution in [3.8, 4) is 11.8 Å². The second kappa shape index (κ2) is 3.85. The summed E-state index contributed by atoms with van der Waals surface area (Å²) in [6.45, 7) is 0. The Morgan fingerprint density at radius 1 is 1.36 bits per heavy atom. The standard InChI is InChI=1S/C9H6OS/c10-7-3-5-8-4-1-2-6-9(8)11/h1-2,4,6-7,11H. The Labute approximate surface area is 70.8 Å². The van der Waals surface area contributed by atoms with Crippen LogP contribution in [0.1, 0.15) is 5.56 Å². The lowest BCUT2D eigenvalue weighted by Gasteiger charge is -1.92. The highest BCUT2D eigenvalue weighted by atomic mass is 32.1. The van der Waals surface area contributed by atoms with Crippen LogP contribution in [0.4, 0.5) is 0 Å². The first-order valence-electron chi connectivity index (χ1n) is 3.08. The van der Waals surface area contributed by atoms with Gasteiger partial charge in [-0.1, -0.05) is 18.1 Å². The smallest absolute Gasteiger partial charge is 0.193 e. The molecule has 1 aromatic rings. The Morgan fingerprint density at radius 2 is 2.09 bits per heavy atom. The molecule has 0 amide bonds. The molecule has 0 unspecified atom stereocenters. The summed E-state index contributed by atoms with van der Waals surface area (Å²) >= 11 is 4.15. The van der Waals surface area contributed by atoms with Crippen molar-refractivity contribution in [3.63, 3.8) is 0 Å². The van der Waals surface area contributed by atoms with E-state index in [-0.39, 0.29) is 0 Å². The summed E-state index contributed by atoms with van der Waals surface area (Å²) in [5, 5.41) is 0. The molecule has 0 N–H and O–H groups in total. The summed E-state index contributed by atoms with van der Waals surface area (Å²) in [4.78, 5) is 10.7. The lowest BCUT2D eigenvalue weighted by molar-refractivity contribution is -0.103. The van der Waals surface area contributed by atoms with Crippen LogP contribution in [0, 0.1) is 11.8 Å². The van der Waals surface area contributed by atoms with E-state index in [0.29, 0.717) is 6.29 Å². The average molecular weight is 162 g/mol. The van der Waals surface area contributed by atoms with E-state index < -0.39 is 0 Å². The number of hydrogen-bond donors (Lipinski definition) is 1. The summed E-state index contributed by atoms with van der Waals surface area (Å²) in [5.74, 6) is 4.99. The second-order valence-electron chi connectivity index (χ2n) is 1.90. The van der Waals surface area contributed by atoms with Crippen LogP contribution in [0.2, 0.25) is 0 Å². The van der Waals surface area contributed by atoms with E-state index in [1.165, 1.54) is 0 Å². The van der Waals surface area contributed by atoms with Crippen molar-refractivity contribution in [3.05, 3.63) is 29.8 Å². The van der Waals surface area contributed by atoms with Crippen LogP contribution in [0.25, 0.3) is 0 Å². The van der Waals surface area contributed by atoms with E-state index in [9.17, 15) is 4.79 Å². The highest BCUT2D eigenvalue weighted by Gasteiger charge is 1.89. The lowest BCUT2D eigenvalue weighted by Crippen LogP contribution is -1.75. The second-order valence-corrected chi connectivity index (χ2v) is 2.39. The molecule has 0 spiro atoms. The summed E-state index contributed by atoms with van der Waals surface area (Å²) in [5.41, 5.74) is 0.780. The molecule has 0 aliphatic rings. The normalized spacial score (nSPS) is 8.09. The molecular weight excluding hydrogens is 156 g/mol. The molecule has 0 bridgehead atoms. The zero-order chi connectivity index (χ0) is 8.10. The van der Waals surface area contributed by atoms with E-state index in [4.69, 9.17) is 0 Å². The van der Waals surface area contributed by atoms with Crippen molar-refractivity contribution in [1.29, 1.82) is 0 Å². The minimum Gasteiger partial charge on any atom is -0.289 e.